The highest BCUT2D eigenvalue weighted by Crippen LogP contribution is 2.53. The molecule has 2 aliphatic rings. The number of nitriles is 2. The van der Waals surface area contributed by atoms with E-state index in [-0.39, 0.29) is 16.8 Å². The Morgan fingerprint density at radius 2 is 1.16 bits per heavy atom. The van der Waals surface area contributed by atoms with Crippen LogP contribution in [0.15, 0.2) is 153 Å². The molecule has 0 saturated carbocycles. The molecule has 5 nitrogen and oxygen atoms in total. The summed E-state index contributed by atoms with van der Waals surface area (Å²) >= 11 is 0. The van der Waals surface area contributed by atoms with Gasteiger partial charge in [-0.3, -0.25) is 0 Å². The molecule has 276 valence electrons. The lowest BCUT2D eigenvalue weighted by atomic mass is 9.73. The quantitative estimate of drug-likeness (QED) is 0.133. The first-order valence-corrected chi connectivity index (χ1v) is 18.9. The summed E-state index contributed by atoms with van der Waals surface area (Å²) in [5.74, 6) is 0. The van der Waals surface area contributed by atoms with Gasteiger partial charge in [0.15, 0.2) is 11.4 Å². The van der Waals surface area contributed by atoms with Crippen molar-refractivity contribution in [2.24, 2.45) is 0 Å². The standard InChI is InChI=1S/C45H31N5.C4H6.C3H6/c1-26-22-29(33-20-16-28-10-9-11-34-41(28)42(33)44-43(34)48-37(24-46)38(25-47)49-44)17-19-31(26)32-21-18-30(23-27(32)2)50-39-14-7-5-12-35(39)45(3,4)36-13-6-8-15-40(36)50;1-3-4-2;1-3-2/h5-23H,1-4H3;3-4H,1-2H2;3H,1H2,2H3. The Balaban J connectivity index is 0.000000660. The predicted octanol–water partition coefficient (Wildman–Crippen LogP) is 13.6. The van der Waals surface area contributed by atoms with Crippen LogP contribution in [0.25, 0.3) is 55.5 Å². The summed E-state index contributed by atoms with van der Waals surface area (Å²) in [6, 6.07) is 45.4. The average molecular weight is 738 g/mol. The normalized spacial score (nSPS) is 12.2. The molecule has 0 atom stereocenters. The molecule has 0 unspecified atom stereocenters. The maximum absolute atomic E-state index is 9.77. The summed E-state index contributed by atoms with van der Waals surface area (Å²) in [6.07, 6.45) is 5.03. The zero-order valence-electron chi connectivity index (χ0n) is 33.1. The van der Waals surface area contributed by atoms with Gasteiger partial charge in [0, 0.05) is 27.6 Å². The van der Waals surface area contributed by atoms with Crippen LogP contribution in [0.1, 0.15) is 54.4 Å². The topological polar surface area (TPSA) is 76.6 Å². The fourth-order valence-electron chi connectivity index (χ4n) is 8.19. The van der Waals surface area contributed by atoms with E-state index in [4.69, 9.17) is 4.98 Å². The first-order chi connectivity index (χ1) is 27.6. The number of hydrogen-bond acceptors (Lipinski definition) is 5. The highest BCUT2D eigenvalue weighted by Gasteiger charge is 2.36. The number of nitrogens with zero attached hydrogens (tertiary/aromatic N) is 5. The second-order valence-electron chi connectivity index (χ2n) is 14.6. The van der Waals surface area contributed by atoms with E-state index in [1.165, 1.54) is 39.2 Å². The molecular formula is C52H43N5. The van der Waals surface area contributed by atoms with E-state index in [9.17, 15) is 10.5 Å². The average Bonchev–Trinajstić information content (AvgIpc) is 3.55. The lowest BCUT2D eigenvalue weighted by molar-refractivity contribution is 0.632. The Morgan fingerprint density at radius 3 is 1.72 bits per heavy atom. The number of aromatic nitrogens is 2. The number of benzene rings is 6. The van der Waals surface area contributed by atoms with Crippen molar-refractivity contribution >= 4 is 27.8 Å². The first kappa shape index (κ1) is 38.0. The van der Waals surface area contributed by atoms with E-state index >= 15 is 0 Å². The number of hydrogen-bond donors (Lipinski definition) is 0. The Labute approximate surface area is 335 Å². The minimum atomic E-state index is -0.101. The van der Waals surface area contributed by atoms with Crippen molar-refractivity contribution in [3.05, 3.63) is 187 Å². The Hall–Kier alpha value is -7.34. The molecule has 1 aromatic heterocycles. The number of allylic oxidation sites excluding steroid dienone is 3. The number of para-hydroxylation sites is 2. The van der Waals surface area contributed by atoms with Crippen LogP contribution in [-0.4, -0.2) is 9.97 Å². The molecule has 0 saturated heterocycles. The predicted molar refractivity (Wildman–Crippen MR) is 237 cm³/mol. The van der Waals surface area contributed by atoms with Gasteiger partial charge in [-0.15, -0.1) is 6.58 Å². The number of fused-ring (bicyclic) bond motifs is 5. The molecule has 0 spiro atoms. The maximum Gasteiger partial charge on any atom is 0.177 e. The number of rotatable bonds is 4. The van der Waals surface area contributed by atoms with Crippen molar-refractivity contribution in [3.63, 3.8) is 0 Å². The van der Waals surface area contributed by atoms with Crippen LogP contribution in [0.4, 0.5) is 17.1 Å². The second kappa shape index (κ2) is 15.4. The van der Waals surface area contributed by atoms with Gasteiger partial charge in [-0.2, -0.15) is 10.5 Å². The van der Waals surface area contributed by atoms with Crippen molar-refractivity contribution in [1.29, 1.82) is 10.5 Å². The number of anilines is 3. The van der Waals surface area contributed by atoms with Crippen molar-refractivity contribution in [2.75, 3.05) is 4.90 Å². The van der Waals surface area contributed by atoms with E-state index in [1.807, 2.05) is 19.1 Å². The highest BCUT2D eigenvalue weighted by molar-refractivity contribution is 6.17. The van der Waals surface area contributed by atoms with Crippen molar-refractivity contribution in [1.82, 2.24) is 9.97 Å². The Morgan fingerprint density at radius 1 is 0.614 bits per heavy atom. The highest BCUT2D eigenvalue weighted by atomic mass is 15.2. The van der Waals surface area contributed by atoms with Crippen LogP contribution in [-0.2, 0) is 5.41 Å². The van der Waals surface area contributed by atoms with Gasteiger partial charge in [-0.1, -0.05) is 136 Å². The van der Waals surface area contributed by atoms with Gasteiger partial charge < -0.3 is 4.90 Å². The monoisotopic (exact) mass is 737 g/mol. The van der Waals surface area contributed by atoms with Crippen LogP contribution >= 0.6 is 0 Å². The van der Waals surface area contributed by atoms with Crippen LogP contribution in [0, 0.1) is 36.5 Å². The molecule has 0 fully saturated rings. The molecule has 0 amide bonds. The van der Waals surface area contributed by atoms with Crippen molar-refractivity contribution < 1.29 is 0 Å². The lowest BCUT2D eigenvalue weighted by Gasteiger charge is -2.42. The van der Waals surface area contributed by atoms with E-state index < -0.39 is 0 Å². The fraction of sp³-hybridized carbons (Fsp3) is 0.115. The van der Waals surface area contributed by atoms with Crippen molar-refractivity contribution in [3.8, 4) is 56.9 Å². The molecule has 0 radical (unpaired) electrons. The van der Waals surface area contributed by atoms with Gasteiger partial charge in [0.25, 0.3) is 0 Å². The molecule has 5 heteroatoms. The zero-order valence-corrected chi connectivity index (χ0v) is 33.1. The Kier molecular flexibility index (Phi) is 10.3. The third-order valence-electron chi connectivity index (χ3n) is 10.7. The summed E-state index contributed by atoms with van der Waals surface area (Å²) in [4.78, 5) is 11.7. The first-order valence-electron chi connectivity index (χ1n) is 18.9. The minimum absolute atomic E-state index is 0.0488. The smallest absolute Gasteiger partial charge is 0.177 e. The fourth-order valence-corrected chi connectivity index (χ4v) is 8.19. The van der Waals surface area contributed by atoms with Crippen molar-refractivity contribution in [2.45, 2.75) is 40.0 Å². The van der Waals surface area contributed by atoms with Gasteiger partial charge in [-0.25, -0.2) is 9.97 Å². The van der Waals surface area contributed by atoms with Gasteiger partial charge in [0.2, 0.25) is 0 Å². The summed E-state index contributed by atoms with van der Waals surface area (Å²) in [5.41, 5.74) is 16.2. The van der Waals surface area contributed by atoms with E-state index in [1.54, 1.807) is 18.2 Å². The third kappa shape index (κ3) is 6.40. The summed E-state index contributed by atoms with van der Waals surface area (Å²) in [5, 5.41) is 21.6. The van der Waals surface area contributed by atoms with Gasteiger partial charge in [0.05, 0.1) is 22.8 Å². The molecule has 1 aliphatic heterocycles. The molecule has 1 aliphatic carbocycles. The van der Waals surface area contributed by atoms with Crippen LogP contribution < -0.4 is 4.90 Å². The summed E-state index contributed by atoms with van der Waals surface area (Å²) < 4.78 is 0. The third-order valence-corrected chi connectivity index (χ3v) is 10.7. The molecule has 7 aromatic rings. The molecule has 6 aromatic carbocycles. The summed E-state index contributed by atoms with van der Waals surface area (Å²) in [7, 11) is 0. The molecular weight excluding hydrogens is 695 g/mol. The second-order valence-corrected chi connectivity index (χ2v) is 14.6. The molecule has 0 bridgehead atoms. The van der Waals surface area contributed by atoms with E-state index in [2.05, 4.69) is 173 Å². The zero-order chi connectivity index (χ0) is 40.4. The lowest BCUT2D eigenvalue weighted by Crippen LogP contribution is -2.30. The number of aryl methyl sites for hydroxylation is 2. The molecule has 2 heterocycles. The summed E-state index contributed by atoms with van der Waals surface area (Å²) in [6.45, 7) is 21.0. The van der Waals surface area contributed by atoms with Crippen LogP contribution in [0.2, 0.25) is 0 Å². The molecule has 57 heavy (non-hydrogen) atoms. The molecule has 0 N–H and O–H groups in total. The molecule has 9 rings (SSSR count). The maximum atomic E-state index is 9.77. The minimum Gasteiger partial charge on any atom is -0.310 e. The SMILES string of the molecule is C=CC.C=CC=C.Cc1cc(-c2ccc3cccc4c3c2-c2nc(C#N)c(C#N)nc2-4)ccc1-c1ccc(N2c3ccccc3C(C)(C)c3ccccc32)cc1C. The van der Waals surface area contributed by atoms with Gasteiger partial charge >= 0.3 is 0 Å². The van der Waals surface area contributed by atoms with E-state index in [0.717, 1.165) is 44.3 Å². The largest absolute Gasteiger partial charge is 0.310 e. The van der Waals surface area contributed by atoms with E-state index in [0.29, 0.717) is 11.4 Å². The van der Waals surface area contributed by atoms with Gasteiger partial charge in [-0.05, 0) is 94.9 Å². The van der Waals surface area contributed by atoms with Gasteiger partial charge in [0.1, 0.15) is 12.1 Å². The Bertz CT molecular complexity index is 2790. The van der Waals surface area contributed by atoms with Crippen LogP contribution in [0.3, 0.4) is 0 Å². The van der Waals surface area contributed by atoms with Crippen LogP contribution in [0.5, 0.6) is 0 Å².